The van der Waals surface area contributed by atoms with Crippen molar-refractivity contribution in [2.75, 3.05) is 6.61 Å². The minimum absolute atomic E-state index is 0.263. The first-order valence-electron chi connectivity index (χ1n) is 11.8. The Kier molecular flexibility index (Phi) is 4.12. The third-order valence-electron chi connectivity index (χ3n) is 10.8. The summed E-state index contributed by atoms with van der Waals surface area (Å²) in [7, 11) is 0. The summed E-state index contributed by atoms with van der Waals surface area (Å²) >= 11 is 0. The second kappa shape index (κ2) is 5.96. The topological polar surface area (TPSA) is 40.5 Å². The summed E-state index contributed by atoms with van der Waals surface area (Å²) in [4.78, 5) is 0. The second-order valence-electron chi connectivity index (χ2n) is 11.3. The van der Waals surface area contributed by atoms with Crippen molar-refractivity contribution in [1.82, 2.24) is 0 Å². The third kappa shape index (κ3) is 2.18. The van der Waals surface area contributed by atoms with Crippen molar-refractivity contribution < 1.29 is 10.2 Å². The van der Waals surface area contributed by atoms with Crippen LogP contribution in [0, 0.1) is 58.7 Å². The number of hydrogen-bond donors (Lipinski definition) is 2. The molecule has 5 rings (SSSR count). The zero-order valence-corrected chi connectivity index (χ0v) is 17.2. The Morgan fingerprint density at radius 2 is 1.62 bits per heavy atom. The fourth-order valence-electron chi connectivity index (χ4n) is 9.72. The van der Waals surface area contributed by atoms with E-state index in [2.05, 4.69) is 20.8 Å². The molecule has 26 heavy (non-hydrogen) atoms. The molecule has 11 atom stereocenters. The van der Waals surface area contributed by atoms with Crippen LogP contribution in [0.25, 0.3) is 0 Å². The van der Waals surface area contributed by atoms with E-state index in [-0.39, 0.29) is 5.60 Å². The molecule has 3 unspecified atom stereocenters. The van der Waals surface area contributed by atoms with E-state index in [1.807, 2.05) is 0 Å². The molecule has 5 aliphatic rings. The highest BCUT2D eigenvalue weighted by Crippen LogP contribution is 2.71. The van der Waals surface area contributed by atoms with E-state index in [0.717, 1.165) is 41.9 Å². The minimum atomic E-state index is -0.263. The molecular formula is C24H40O2. The predicted octanol–water partition coefficient (Wildman–Crippen LogP) is 4.88. The largest absolute Gasteiger partial charge is 0.396 e. The fourth-order valence-corrected chi connectivity index (χ4v) is 9.72. The van der Waals surface area contributed by atoms with Gasteiger partial charge in [-0.3, -0.25) is 0 Å². The van der Waals surface area contributed by atoms with Gasteiger partial charge in [0.25, 0.3) is 0 Å². The second-order valence-corrected chi connectivity index (χ2v) is 11.3. The Bertz CT molecular complexity index is 560. The van der Waals surface area contributed by atoms with Gasteiger partial charge >= 0.3 is 0 Å². The molecule has 0 amide bonds. The fraction of sp³-hybridized carbons (Fsp3) is 1.00. The first kappa shape index (κ1) is 18.0. The van der Waals surface area contributed by atoms with Gasteiger partial charge in [0, 0.05) is 6.61 Å². The van der Waals surface area contributed by atoms with Gasteiger partial charge < -0.3 is 10.2 Å². The van der Waals surface area contributed by atoms with Gasteiger partial charge in [0.2, 0.25) is 0 Å². The van der Waals surface area contributed by atoms with Crippen LogP contribution in [-0.2, 0) is 0 Å². The number of aliphatic hydroxyl groups excluding tert-OH is 1. The van der Waals surface area contributed by atoms with E-state index in [1.165, 1.54) is 51.4 Å². The summed E-state index contributed by atoms with van der Waals surface area (Å²) < 4.78 is 0. The SMILES string of the molecule is CCC1C2[C@H]3CC[C@@H]4[C@H](CC[C@]5(C)[C@@H](C(C)CO)CC[C@@H]45)[C@H]3CC[C@]12O. The average Bonchev–Trinajstić information content (AvgIpc) is 3.11. The van der Waals surface area contributed by atoms with Crippen molar-refractivity contribution in [1.29, 1.82) is 0 Å². The molecule has 2 heteroatoms. The molecule has 0 radical (unpaired) electrons. The number of fused-ring (bicyclic) bond motifs is 7. The molecular weight excluding hydrogens is 320 g/mol. The highest BCUT2D eigenvalue weighted by atomic mass is 16.3. The highest BCUT2D eigenvalue weighted by Gasteiger charge is 2.70. The Balaban J connectivity index is 1.37. The quantitative estimate of drug-likeness (QED) is 0.753. The maximum absolute atomic E-state index is 11.0. The molecule has 5 aliphatic carbocycles. The Hall–Kier alpha value is -0.0800. The lowest BCUT2D eigenvalue weighted by atomic mass is 9.49. The summed E-state index contributed by atoms with van der Waals surface area (Å²) in [5.41, 5.74) is 0.220. The van der Waals surface area contributed by atoms with Crippen molar-refractivity contribution >= 4 is 0 Å². The third-order valence-corrected chi connectivity index (χ3v) is 10.8. The van der Waals surface area contributed by atoms with E-state index < -0.39 is 0 Å². The molecule has 0 heterocycles. The van der Waals surface area contributed by atoms with Crippen LogP contribution in [0.4, 0.5) is 0 Å². The Morgan fingerprint density at radius 1 is 0.923 bits per heavy atom. The maximum atomic E-state index is 11.0. The molecule has 148 valence electrons. The van der Waals surface area contributed by atoms with Crippen LogP contribution in [0.2, 0.25) is 0 Å². The smallest absolute Gasteiger partial charge is 0.0714 e. The summed E-state index contributed by atoms with van der Waals surface area (Å²) in [6, 6.07) is 0. The van der Waals surface area contributed by atoms with Crippen LogP contribution < -0.4 is 0 Å². The van der Waals surface area contributed by atoms with Crippen molar-refractivity contribution in [3.8, 4) is 0 Å². The number of hydrogen-bond acceptors (Lipinski definition) is 2. The molecule has 0 spiro atoms. The summed E-state index contributed by atoms with van der Waals surface area (Å²) in [5.74, 6) is 7.00. The van der Waals surface area contributed by atoms with Crippen LogP contribution in [0.5, 0.6) is 0 Å². The van der Waals surface area contributed by atoms with Crippen LogP contribution in [0.1, 0.15) is 78.6 Å². The van der Waals surface area contributed by atoms with Gasteiger partial charge in [-0.15, -0.1) is 0 Å². The van der Waals surface area contributed by atoms with Crippen LogP contribution in [-0.4, -0.2) is 22.4 Å². The van der Waals surface area contributed by atoms with Gasteiger partial charge in [0.15, 0.2) is 0 Å². The predicted molar refractivity (Wildman–Crippen MR) is 104 cm³/mol. The Morgan fingerprint density at radius 3 is 2.35 bits per heavy atom. The van der Waals surface area contributed by atoms with Gasteiger partial charge in [0.1, 0.15) is 0 Å². The molecule has 0 aromatic rings. The number of rotatable bonds is 3. The summed E-state index contributed by atoms with van der Waals surface area (Å²) in [6.07, 6.45) is 12.0. The zero-order chi connectivity index (χ0) is 18.3. The summed E-state index contributed by atoms with van der Waals surface area (Å²) in [6.45, 7) is 7.51. The lowest BCUT2D eigenvalue weighted by Crippen LogP contribution is -2.50. The molecule has 0 aliphatic heterocycles. The van der Waals surface area contributed by atoms with Crippen LogP contribution in [0.3, 0.4) is 0 Å². The van der Waals surface area contributed by atoms with E-state index in [9.17, 15) is 10.2 Å². The standard InChI is InChI=1S/C24H40O2/c1-4-19-22-18-6-5-17-15(16(18)10-12-24(19,22)26)9-11-23(3)20(14(2)13-25)7-8-21(17)23/h14-22,25-26H,4-13H2,1-3H3/t14?,15-,16-,17-,18+,19?,20-,21+,22?,23-,24+/m1/s1. The van der Waals surface area contributed by atoms with Crippen molar-refractivity contribution in [3.05, 3.63) is 0 Å². The normalized spacial score (nSPS) is 59.0. The van der Waals surface area contributed by atoms with Gasteiger partial charge in [0.05, 0.1) is 5.60 Å². The maximum Gasteiger partial charge on any atom is 0.0714 e. The van der Waals surface area contributed by atoms with Crippen molar-refractivity contribution in [2.24, 2.45) is 58.7 Å². The molecule has 5 fully saturated rings. The number of aliphatic hydroxyl groups is 2. The van der Waals surface area contributed by atoms with E-state index in [4.69, 9.17) is 0 Å². The first-order chi connectivity index (χ1) is 12.5. The van der Waals surface area contributed by atoms with E-state index in [0.29, 0.717) is 29.8 Å². The van der Waals surface area contributed by atoms with Gasteiger partial charge in [-0.1, -0.05) is 27.2 Å². The van der Waals surface area contributed by atoms with E-state index in [1.54, 1.807) is 0 Å². The van der Waals surface area contributed by atoms with Crippen LogP contribution in [0.15, 0.2) is 0 Å². The summed E-state index contributed by atoms with van der Waals surface area (Å²) in [5, 5.41) is 20.8. The highest BCUT2D eigenvalue weighted by molar-refractivity contribution is 5.19. The van der Waals surface area contributed by atoms with Gasteiger partial charge in [-0.2, -0.15) is 0 Å². The van der Waals surface area contributed by atoms with Gasteiger partial charge in [-0.05, 0) is 110 Å². The molecule has 0 aromatic heterocycles. The first-order valence-corrected chi connectivity index (χ1v) is 11.8. The van der Waals surface area contributed by atoms with Gasteiger partial charge in [-0.25, -0.2) is 0 Å². The minimum Gasteiger partial charge on any atom is -0.396 e. The molecule has 2 N–H and O–H groups in total. The lowest BCUT2D eigenvalue weighted by molar-refractivity contribution is -0.0857. The lowest BCUT2D eigenvalue weighted by Gasteiger charge is -2.56. The molecule has 0 saturated heterocycles. The Labute approximate surface area is 160 Å². The average molecular weight is 361 g/mol. The van der Waals surface area contributed by atoms with Crippen molar-refractivity contribution in [3.63, 3.8) is 0 Å². The molecule has 5 saturated carbocycles. The molecule has 2 nitrogen and oxygen atoms in total. The molecule has 0 bridgehead atoms. The van der Waals surface area contributed by atoms with E-state index >= 15 is 0 Å². The van der Waals surface area contributed by atoms with Crippen LogP contribution >= 0.6 is 0 Å². The zero-order valence-electron chi connectivity index (χ0n) is 17.2. The monoisotopic (exact) mass is 360 g/mol. The van der Waals surface area contributed by atoms with Crippen molar-refractivity contribution in [2.45, 2.75) is 84.2 Å². The molecule has 0 aromatic carbocycles.